The molecule has 1 aliphatic rings. The highest BCUT2D eigenvalue weighted by Gasteiger charge is 2.20. The monoisotopic (exact) mass is 378 g/mol. The number of hydrogen-bond acceptors (Lipinski definition) is 4. The van der Waals surface area contributed by atoms with Crippen LogP contribution in [0.3, 0.4) is 0 Å². The van der Waals surface area contributed by atoms with E-state index in [0.29, 0.717) is 23.5 Å². The molecule has 0 fully saturated rings. The molecule has 1 unspecified atom stereocenters. The SMILES string of the molecule is C=C(C)C1CC=C(C)/C(=N\NC(=O)c2cn(CC)c3nc(C)ccc3c2=O)C1. The van der Waals surface area contributed by atoms with Gasteiger partial charge in [0.25, 0.3) is 5.91 Å². The van der Waals surface area contributed by atoms with E-state index in [9.17, 15) is 9.59 Å². The highest BCUT2D eigenvalue weighted by molar-refractivity contribution is 6.02. The minimum atomic E-state index is -0.507. The standard InChI is InChI=1S/C22H26N4O2/c1-6-26-12-18(20(27)17-10-8-15(5)23-21(17)26)22(28)25-24-19-11-16(13(2)3)9-7-14(19)4/h7-8,10,12,16H,2,6,9,11H2,1,3-5H3,(H,25,28)/b24-19-. The van der Waals surface area contributed by atoms with Crippen LogP contribution in [0.2, 0.25) is 0 Å². The number of pyridine rings is 2. The number of rotatable bonds is 4. The third kappa shape index (κ3) is 3.81. The van der Waals surface area contributed by atoms with Crippen LogP contribution in [0.25, 0.3) is 11.0 Å². The maximum Gasteiger partial charge on any atom is 0.276 e. The number of nitrogens with one attached hydrogen (secondary N) is 1. The average Bonchev–Trinajstić information content (AvgIpc) is 2.67. The Morgan fingerprint density at radius 3 is 2.82 bits per heavy atom. The fourth-order valence-electron chi connectivity index (χ4n) is 3.36. The zero-order chi connectivity index (χ0) is 20.4. The van der Waals surface area contributed by atoms with Crippen LogP contribution in [-0.2, 0) is 6.54 Å². The Morgan fingerprint density at radius 2 is 2.14 bits per heavy atom. The van der Waals surface area contributed by atoms with Crippen molar-refractivity contribution in [2.24, 2.45) is 11.0 Å². The van der Waals surface area contributed by atoms with Gasteiger partial charge in [0.1, 0.15) is 11.2 Å². The van der Waals surface area contributed by atoms with Crippen LogP contribution in [0, 0.1) is 12.8 Å². The molecule has 2 heterocycles. The summed E-state index contributed by atoms with van der Waals surface area (Å²) >= 11 is 0. The van der Waals surface area contributed by atoms with E-state index in [1.54, 1.807) is 18.3 Å². The third-order valence-corrected chi connectivity index (χ3v) is 5.24. The maximum absolute atomic E-state index is 12.8. The second-order valence-corrected chi connectivity index (χ2v) is 7.35. The Labute approximate surface area is 164 Å². The molecule has 6 heteroatoms. The average molecular weight is 378 g/mol. The Bertz CT molecular complexity index is 1080. The molecule has 2 aromatic rings. The van der Waals surface area contributed by atoms with E-state index in [1.165, 1.54) is 0 Å². The van der Waals surface area contributed by atoms with E-state index in [0.717, 1.165) is 35.4 Å². The van der Waals surface area contributed by atoms with Crippen molar-refractivity contribution in [2.75, 3.05) is 0 Å². The quantitative estimate of drug-likeness (QED) is 0.650. The first kappa shape index (κ1) is 19.7. The summed E-state index contributed by atoms with van der Waals surface area (Å²) < 4.78 is 1.81. The predicted molar refractivity (Wildman–Crippen MR) is 113 cm³/mol. The van der Waals surface area contributed by atoms with Gasteiger partial charge in [-0.1, -0.05) is 18.2 Å². The number of amides is 1. The van der Waals surface area contributed by atoms with Crippen molar-refractivity contribution in [3.63, 3.8) is 0 Å². The van der Waals surface area contributed by atoms with Crippen molar-refractivity contribution in [2.45, 2.75) is 47.1 Å². The minimum absolute atomic E-state index is 0.0678. The van der Waals surface area contributed by atoms with E-state index < -0.39 is 5.91 Å². The summed E-state index contributed by atoms with van der Waals surface area (Å²) in [5, 5.41) is 4.74. The number of aryl methyl sites for hydroxylation is 2. The number of hydrazone groups is 1. The van der Waals surface area contributed by atoms with Gasteiger partial charge in [0.05, 0.1) is 11.1 Å². The summed E-state index contributed by atoms with van der Waals surface area (Å²) in [7, 11) is 0. The second kappa shape index (κ2) is 7.92. The Morgan fingerprint density at radius 1 is 1.39 bits per heavy atom. The van der Waals surface area contributed by atoms with Gasteiger partial charge >= 0.3 is 0 Å². The molecule has 1 amide bonds. The van der Waals surface area contributed by atoms with E-state index in [4.69, 9.17) is 0 Å². The van der Waals surface area contributed by atoms with Crippen LogP contribution in [0.1, 0.15) is 49.7 Å². The third-order valence-electron chi connectivity index (χ3n) is 5.24. The van der Waals surface area contributed by atoms with Crippen molar-refractivity contribution in [1.29, 1.82) is 0 Å². The van der Waals surface area contributed by atoms with Crippen molar-refractivity contribution >= 4 is 22.7 Å². The van der Waals surface area contributed by atoms with Crippen LogP contribution in [0.5, 0.6) is 0 Å². The molecule has 0 saturated carbocycles. The fourth-order valence-corrected chi connectivity index (χ4v) is 3.36. The lowest BCUT2D eigenvalue weighted by molar-refractivity contribution is 0.0953. The normalized spacial score (nSPS) is 18.2. The summed E-state index contributed by atoms with van der Waals surface area (Å²) in [6.07, 6.45) is 5.35. The first-order valence-corrected chi connectivity index (χ1v) is 9.52. The number of carbonyl (C=O) groups excluding carboxylic acids is 1. The van der Waals surface area contributed by atoms with Gasteiger partial charge in [-0.25, -0.2) is 10.4 Å². The summed E-state index contributed by atoms with van der Waals surface area (Å²) in [6, 6.07) is 3.50. The fraction of sp³-hybridized carbons (Fsp3) is 0.364. The first-order valence-electron chi connectivity index (χ1n) is 9.52. The number of nitrogens with zero attached hydrogens (tertiary/aromatic N) is 3. The molecule has 0 aliphatic heterocycles. The number of hydrogen-bond donors (Lipinski definition) is 1. The lowest BCUT2D eigenvalue weighted by atomic mass is 9.85. The predicted octanol–water partition coefficient (Wildman–Crippen LogP) is 3.74. The largest absolute Gasteiger partial charge is 0.332 e. The number of carbonyl (C=O) groups is 1. The van der Waals surface area contributed by atoms with E-state index in [2.05, 4.69) is 28.2 Å². The number of aromatic nitrogens is 2. The van der Waals surface area contributed by atoms with Gasteiger partial charge in [0.2, 0.25) is 5.43 Å². The summed E-state index contributed by atoms with van der Waals surface area (Å²) in [5.74, 6) is -0.181. The van der Waals surface area contributed by atoms with Crippen molar-refractivity contribution in [3.05, 3.63) is 63.6 Å². The van der Waals surface area contributed by atoms with Crippen LogP contribution in [0.4, 0.5) is 0 Å². The molecule has 6 nitrogen and oxygen atoms in total. The van der Waals surface area contributed by atoms with Crippen molar-refractivity contribution in [1.82, 2.24) is 15.0 Å². The molecule has 0 radical (unpaired) electrons. The molecule has 0 aromatic carbocycles. The first-order chi connectivity index (χ1) is 13.3. The lowest BCUT2D eigenvalue weighted by Crippen LogP contribution is -2.28. The zero-order valence-electron chi connectivity index (χ0n) is 16.9. The molecule has 1 aliphatic carbocycles. The molecular formula is C22H26N4O2. The molecule has 146 valence electrons. The topological polar surface area (TPSA) is 76.3 Å². The van der Waals surface area contributed by atoms with Crippen LogP contribution in [0.15, 0.2) is 52.0 Å². The summed E-state index contributed by atoms with van der Waals surface area (Å²) in [4.78, 5) is 30.0. The van der Waals surface area contributed by atoms with Gasteiger partial charge in [-0.05, 0) is 64.2 Å². The molecular weight excluding hydrogens is 352 g/mol. The zero-order valence-corrected chi connectivity index (χ0v) is 16.9. The molecule has 0 saturated heterocycles. The van der Waals surface area contributed by atoms with Gasteiger partial charge in [-0.3, -0.25) is 9.59 Å². The van der Waals surface area contributed by atoms with E-state index >= 15 is 0 Å². The Hall–Kier alpha value is -3.02. The Balaban J connectivity index is 1.94. The minimum Gasteiger partial charge on any atom is -0.332 e. The van der Waals surface area contributed by atoms with Gasteiger partial charge in [0, 0.05) is 18.4 Å². The summed E-state index contributed by atoms with van der Waals surface area (Å²) in [6.45, 7) is 12.4. The molecule has 3 rings (SSSR count). The molecule has 2 aromatic heterocycles. The van der Waals surface area contributed by atoms with Gasteiger partial charge in [-0.2, -0.15) is 5.10 Å². The molecule has 28 heavy (non-hydrogen) atoms. The highest BCUT2D eigenvalue weighted by Crippen LogP contribution is 2.26. The van der Waals surface area contributed by atoms with Gasteiger partial charge in [-0.15, -0.1) is 0 Å². The highest BCUT2D eigenvalue weighted by atomic mass is 16.2. The number of allylic oxidation sites excluding steroid dienone is 3. The molecule has 0 bridgehead atoms. The summed E-state index contributed by atoms with van der Waals surface area (Å²) in [5.41, 5.74) is 6.69. The van der Waals surface area contributed by atoms with E-state index in [-0.39, 0.29) is 11.0 Å². The Kier molecular flexibility index (Phi) is 5.58. The molecule has 0 spiro atoms. The van der Waals surface area contributed by atoms with Crippen LogP contribution in [-0.4, -0.2) is 21.2 Å². The second-order valence-electron chi connectivity index (χ2n) is 7.35. The van der Waals surface area contributed by atoms with E-state index in [1.807, 2.05) is 32.3 Å². The molecule has 1 N–H and O–H groups in total. The van der Waals surface area contributed by atoms with Crippen molar-refractivity contribution in [3.8, 4) is 0 Å². The van der Waals surface area contributed by atoms with Crippen LogP contribution < -0.4 is 10.9 Å². The van der Waals surface area contributed by atoms with Gasteiger partial charge in [0.15, 0.2) is 0 Å². The molecule has 1 atom stereocenters. The lowest BCUT2D eigenvalue weighted by Gasteiger charge is -2.22. The number of fused-ring (bicyclic) bond motifs is 1. The van der Waals surface area contributed by atoms with Crippen LogP contribution >= 0.6 is 0 Å². The smallest absolute Gasteiger partial charge is 0.276 e. The maximum atomic E-state index is 12.8. The van der Waals surface area contributed by atoms with Gasteiger partial charge < -0.3 is 4.57 Å². The van der Waals surface area contributed by atoms with Crippen molar-refractivity contribution < 1.29 is 4.79 Å².